The van der Waals surface area contributed by atoms with Gasteiger partial charge in [0, 0.05) is 62.7 Å². The highest BCUT2D eigenvalue weighted by molar-refractivity contribution is 6.11. The minimum absolute atomic E-state index is 0.00232. The van der Waals surface area contributed by atoms with E-state index >= 15 is 8.78 Å². The number of carbonyl (C=O) groups excluding carboxylic acids is 2. The first-order chi connectivity index (χ1) is 23.0. The molecule has 0 spiro atoms. The number of nitrogens with zero attached hydrogens (tertiary/aromatic N) is 4. The van der Waals surface area contributed by atoms with Crippen molar-refractivity contribution >= 4 is 39.6 Å². The van der Waals surface area contributed by atoms with E-state index < -0.39 is 46.4 Å². The van der Waals surface area contributed by atoms with Crippen LogP contribution in [0.5, 0.6) is 0 Å². The van der Waals surface area contributed by atoms with E-state index in [1.807, 2.05) is 0 Å². The molecular weight excluding hydrogens is 647 g/mol. The van der Waals surface area contributed by atoms with Gasteiger partial charge in [-0.05, 0) is 56.2 Å². The van der Waals surface area contributed by atoms with E-state index in [0.717, 1.165) is 24.3 Å². The van der Waals surface area contributed by atoms with Gasteiger partial charge < -0.3 is 29.6 Å². The van der Waals surface area contributed by atoms with Crippen molar-refractivity contribution in [1.82, 2.24) is 19.3 Å². The van der Waals surface area contributed by atoms with Crippen LogP contribution in [0.4, 0.5) is 33.3 Å². The minimum atomic E-state index is -4.73. The maximum atomic E-state index is 15.2. The van der Waals surface area contributed by atoms with E-state index in [0.29, 0.717) is 40.8 Å². The van der Waals surface area contributed by atoms with Gasteiger partial charge in [-0.25, -0.2) is 13.8 Å². The average Bonchev–Trinajstić information content (AvgIpc) is 3.58. The van der Waals surface area contributed by atoms with Crippen molar-refractivity contribution in [2.45, 2.75) is 32.0 Å². The van der Waals surface area contributed by atoms with Crippen LogP contribution in [-0.4, -0.2) is 63.0 Å². The molecule has 3 N–H and O–H groups in total. The molecule has 4 heterocycles. The Morgan fingerprint density at radius 1 is 1.08 bits per heavy atom. The molecule has 5 aromatic rings. The summed E-state index contributed by atoms with van der Waals surface area (Å²) in [5.74, 6) is -3.95. The number of aromatic nitrogens is 3. The summed E-state index contributed by atoms with van der Waals surface area (Å²) in [6.45, 7) is 3.98. The topological polar surface area (TPSA) is 104 Å². The Morgan fingerprint density at radius 3 is 2.47 bits per heavy atom. The van der Waals surface area contributed by atoms with Crippen LogP contribution < -0.4 is 15.5 Å². The molecule has 0 saturated heterocycles. The molecule has 0 saturated carbocycles. The van der Waals surface area contributed by atoms with Crippen LogP contribution in [0.15, 0.2) is 61.1 Å². The molecule has 14 heteroatoms. The Labute approximate surface area is 277 Å². The molecule has 3 aromatic heterocycles. The zero-order valence-electron chi connectivity index (χ0n) is 27.0. The lowest BCUT2D eigenvalue weighted by Gasteiger charge is -2.28. The average molecular weight is 681 g/mol. The Kier molecular flexibility index (Phi) is 8.57. The number of pyridine rings is 1. The minimum Gasteiger partial charge on any atom is -0.389 e. The second-order valence-electron chi connectivity index (χ2n) is 12.7. The number of rotatable bonds is 8. The van der Waals surface area contributed by atoms with Gasteiger partial charge >= 0.3 is 6.18 Å². The molecule has 9 nitrogen and oxygen atoms in total. The molecule has 2 aromatic carbocycles. The van der Waals surface area contributed by atoms with Gasteiger partial charge in [0.15, 0.2) is 0 Å². The van der Waals surface area contributed by atoms with Crippen LogP contribution in [0.1, 0.15) is 41.0 Å². The summed E-state index contributed by atoms with van der Waals surface area (Å²) in [4.78, 5) is 32.3. The van der Waals surface area contributed by atoms with Gasteiger partial charge in [0.1, 0.15) is 22.8 Å². The molecule has 0 bridgehead atoms. The molecule has 1 amide bonds. The monoisotopic (exact) mass is 680 g/mol. The Bertz CT molecular complexity index is 2140. The second kappa shape index (κ2) is 12.4. The van der Waals surface area contributed by atoms with Crippen molar-refractivity contribution in [3.05, 3.63) is 95.1 Å². The summed E-state index contributed by atoms with van der Waals surface area (Å²) in [5, 5.41) is 14.8. The van der Waals surface area contributed by atoms with Crippen molar-refractivity contribution in [1.29, 1.82) is 0 Å². The van der Waals surface area contributed by atoms with E-state index in [-0.39, 0.29) is 35.5 Å². The van der Waals surface area contributed by atoms with Crippen LogP contribution in [0.2, 0.25) is 0 Å². The predicted molar refractivity (Wildman–Crippen MR) is 176 cm³/mol. The number of anilines is 2. The Morgan fingerprint density at radius 2 is 1.80 bits per heavy atom. The van der Waals surface area contributed by atoms with Gasteiger partial charge in [-0.2, -0.15) is 13.2 Å². The number of halogens is 5. The van der Waals surface area contributed by atoms with Gasteiger partial charge in [0.2, 0.25) is 11.7 Å². The summed E-state index contributed by atoms with van der Waals surface area (Å²) in [7, 11) is 3.31. The fourth-order valence-electron chi connectivity index (χ4n) is 6.19. The van der Waals surface area contributed by atoms with Gasteiger partial charge in [-0.1, -0.05) is 12.1 Å². The van der Waals surface area contributed by atoms with Crippen molar-refractivity contribution in [3.8, 4) is 11.1 Å². The number of aryl methyl sites for hydroxylation is 1. The number of nitrogens with one attached hydrogen (secondary N) is 2. The zero-order chi connectivity index (χ0) is 35.4. The molecule has 0 atom stereocenters. The lowest BCUT2D eigenvalue weighted by molar-refractivity contribution is -0.137. The van der Waals surface area contributed by atoms with Crippen LogP contribution in [0.3, 0.4) is 0 Å². The number of aliphatic hydroxyl groups is 1. The summed E-state index contributed by atoms with van der Waals surface area (Å²) in [5.41, 5.74) is -0.786. The summed E-state index contributed by atoms with van der Waals surface area (Å²) < 4.78 is 77.5. The van der Waals surface area contributed by atoms with E-state index in [1.54, 1.807) is 38.9 Å². The smallest absolute Gasteiger partial charge is 0.389 e. The van der Waals surface area contributed by atoms with Crippen molar-refractivity contribution in [3.63, 3.8) is 0 Å². The number of likely N-dealkylation sites (N-methyl/N-ethyl adjacent to an activating group) is 1. The molecule has 1 aliphatic rings. The number of amides is 1. The number of hydrogen-bond acceptors (Lipinski definition) is 6. The largest absolute Gasteiger partial charge is 0.417 e. The maximum absolute atomic E-state index is 15.2. The molecule has 256 valence electrons. The Balaban J connectivity index is 1.38. The van der Waals surface area contributed by atoms with Crippen LogP contribution >= 0.6 is 0 Å². The first-order valence-corrected chi connectivity index (χ1v) is 15.4. The highest BCUT2D eigenvalue weighted by Crippen LogP contribution is 2.48. The lowest BCUT2D eigenvalue weighted by Crippen LogP contribution is -2.34. The SMILES string of the molecule is CN1CCc2cc(C(=O)c3cc(F)c(NC(=O)/C=C/CNCC(C)(C)O)c(F)c3)n3cccc(c23)-c2c(C(F)(F)F)cc3c(ncn3C)c21. The molecule has 49 heavy (non-hydrogen) atoms. The van der Waals surface area contributed by atoms with Crippen LogP contribution in [0, 0.1) is 11.6 Å². The first kappa shape index (κ1) is 33.8. The molecule has 6 rings (SSSR count). The van der Waals surface area contributed by atoms with Crippen LogP contribution in [-0.2, 0) is 24.4 Å². The summed E-state index contributed by atoms with van der Waals surface area (Å²) >= 11 is 0. The van der Waals surface area contributed by atoms with Gasteiger partial charge in [0.25, 0.3) is 0 Å². The second-order valence-corrected chi connectivity index (χ2v) is 12.7. The highest BCUT2D eigenvalue weighted by atomic mass is 19.4. The number of hydrogen-bond donors (Lipinski definition) is 3. The molecule has 0 unspecified atom stereocenters. The summed E-state index contributed by atoms with van der Waals surface area (Å²) in [6, 6.07) is 7.30. The van der Waals surface area contributed by atoms with E-state index in [9.17, 15) is 27.9 Å². The standard InChI is InChI=1S/C35H33F5N6O3/c1-34(2,49)17-41-10-5-8-27(47)43-29-23(36)13-20(14-24(29)37)33(48)26-15-19-9-12-44(3)32-28(21-7-6-11-46(26)31(19)21)22(35(38,39)40)16-25-30(32)42-18-45(25)4/h5-8,11,13-16,18,41,49H,9-10,12,17H2,1-4H3,(H,43,47)/b8-5+. The molecular formula is C35H33F5N6O3. The van der Waals surface area contributed by atoms with E-state index in [1.165, 1.54) is 39.7 Å². The highest BCUT2D eigenvalue weighted by Gasteiger charge is 2.39. The van der Waals surface area contributed by atoms with Crippen LogP contribution in [0.25, 0.3) is 27.7 Å². The predicted octanol–water partition coefficient (Wildman–Crippen LogP) is 5.87. The first-order valence-electron chi connectivity index (χ1n) is 15.4. The number of carbonyl (C=O) groups is 2. The van der Waals surface area contributed by atoms with E-state index in [4.69, 9.17) is 0 Å². The van der Waals surface area contributed by atoms with Crippen molar-refractivity contribution < 1.29 is 36.6 Å². The fraction of sp³-hybridized carbons (Fsp3) is 0.286. The zero-order valence-corrected chi connectivity index (χ0v) is 27.0. The third-order valence-electron chi connectivity index (χ3n) is 8.41. The fourth-order valence-corrected chi connectivity index (χ4v) is 6.19. The number of ketones is 1. The van der Waals surface area contributed by atoms with Crippen molar-refractivity contribution in [2.24, 2.45) is 7.05 Å². The quantitative estimate of drug-likeness (QED) is 0.0821. The number of benzene rings is 2. The third-order valence-corrected chi connectivity index (χ3v) is 8.41. The molecule has 0 radical (unpaired) electrons. The molecule has 0 fully saturated rings. The normalized spacial score (nSPS) is 13.6. The van der Waals surface area contributed by atoms with Crippen molar-refractivity contribution in [2.75, 3.05) is 36.9 Å². The Hall–Kier alpha value is -5.08. The lowest BCUT2D eigenvalue weighted by atomic mass is 9.92. The number of imidazole rings is 1. The number of alkyl halides is 3. The maximum Gasteiger partial charge on any atom is 0.417 e. The third kappa shape index (κ3) is 6.41. The molecule has 0 aliphatic carbocycles. The van der Waals surface area contributed by atoms with E-state index in [2.05, 4.69) is 15.6 Å². The van der Waals surface area contributed by atoms with Gasteiger partial charge in [-0.3, -0.25) is 9.59 Å². The number of fused-ring (bicyclic) bond motifs is 4. The van der Waals surface area contributed by atoms with Gasteiger partial charge in [0.05, 0.1) is 39.9 Å². The summed E-state index contributed by atoms with van der Waals surface area (Å²) in [6.07, 6.45) is 1.11. The molecule has 1 aliphatic heterocycles. The van der Waals surface area contributed by atoms with Gasteiger partial charge in [-0.15, -0.1) is 0 Å².